The molecular weight excluding hydrogens is 572 g/mol. The maximum absolute atomic E-state index is 7.00. The summed E-state index contributed by atoms with van der Waals surface area (Å²) in [5, 5.41) is 0. The second-order valence-corrected chi connectivity index (χ2v) is 20.0. The van der Waals surface area contributed by atoms with Crippen molar-refractivity contribution in [2.24, 2.45) is 44.3 Å². The smallest absolute Gasteiger partial charge is 0.000921 e. The lowest BCUT2D eigenvalue weighted by Crippen LogP contribution is -2.41. The first-order valence-corrected chi connectivity index (χ1v) is 19.2. The molecule has 0 saturated heterocycles. The van der Waals surface area contributed by atoms with Gasteiger partial charge in [0, 0.05) is 15.3 Å². The van der Waals surface area contributed by atoms with Crippen molar-refractivity contribution in [3.8, 4) is 0 Å². The number of rotatable bonds is 1. The van der Waals surface area contributed by atoms with Gasteiger partial charge in [-0.1, -0.05) is 137 Å². The van der Waals surface area contributed by atoms with E-state index in [1.54, 1.807) is 16.7 Å². The molecule has 2 nitrogen and oxygen atoms in total. The Hall–Kier alpha value is -1.96. The zero-order valence-corrected chi connectivity index (χ0v) is 32.4. The van der Waals surface area contributed by atoms with Crippen molar-refractivity contribution in [1.82, 2.24) is 0 Å². The van der Waals surface area contributed by atoms with E-state index >= 15 is 0 Å². The largest absolute Gasteiger partial charge is 0.0842 e. The maximum atomic E-state index is 7.00. The van der Waals surface area contributed by atoms with Crippen molar-refractivity contribution >= 4 is 0 Å². The van der Waals surface area contributed by atoms with Gasteiger partial charge >= 0.3 is 0 Å². The fraction of sp³-hybridized carbons (Fsp3) is 0.733. The number of hydrogen-bond donors (Lipinski definition) is 0. The Kier molecular flexibility index (Phi) is 9.37. The van der Waals surface area contributed by atoms with Crippen LogP contribution in [0.2, 0.25) is 0 Å². The van der Waals surface area contributed by atoms with E-state index in [1.165, 1.54) is 76.2 Å². The lowest BCUT2D eigenvalue weighted by atomic mass is 9.54. The molecule has 8 rings (SSSR count). The first-order valence-electron chi connectivity index (χ1n) is 19.2. The zero-order valence-electron chi connectivity index (χ0n) is 32.4. The van der Waals surface area contributed by atoms with Gasteiger partial charge in [-0.05, 0) is 138 Å². The highest BCUT2D eigenvalue weighted by Crippen LogP contribution is 2.74. The summed E-state index contributed by atoms with van der Waals surface area (Å²) in [6, 6.07) is 7.11. The van der Waals surface area contributed by atoms with Crippen LogP contribution in [0.5, 0.6) is 0 Å². The Morgan fingerprint density at radius 3 is 1.91 bits per heavy atom. The van der Waals surface area contributed by atoms with Crippen LogP contribution in [0.3, 0.4) is 0 Å². The van der Waals surface area contributed by atoms with E-state index in [2.05, 4.69) is 126 Å². The van der Waals surface area contributed by atoms with Crippen molar-refractivity contribution < 1.29 is 0 Å². The fourth-order valence-corrected chi connectivity index (χ4v) is 12.2. The number of fused-ring (bicyclic) bond motifs is 3. The summed E-state index contributed by atoms with van der Waals surface area (Å²) in [4.78, 5) is 14.0. The van der Waals surface area contributed by atoms with Crippen molar-refractivity contribution in [1.29, 1.82) is 0 Å². The predicted octanol–water partition coefficient (Wildman–Crippen LogP) is 13.4. The summed E-state index contributed by atoms with van der Waals surface area (Å²) in [5.41, 5.74) is 11.6. The molecule has 4 atom stereocenters. The quantitative estimate of drug-likeness (QED) is 0.286. The van der Waals surface area contributed by atoms with Crippen LogP contribution in [0.25, 0.3) is 0 Å². The van der Waals surface area contributed by atoms with E-state index in [-0.39, 0.29) is 0 Å². The standard InChI is InChI=1S/C15H24.2C15H22.O2/c2*1-13(2)8-5-6-12-14(3,4)11-7-9-15(12,13)10-11;1-11(2)13-8-7-12-6-5-9-15(3,4)14(12)10-13;1-2/h6,11H,5,7-10H2,1-4H3;5-6,8,11H,7,9-10H2,1-4H3;7-8,10-11H,5-6,9H2,1-4H3;. The van der Waals surface area contributed by atoms with Gasteiger partial charge < -0.3 is 0 Å². The van der Waals surface area contributed by atoms with E-state index in [1.807, 2.05) is 5.57 Å². The topological polar surface area (TPSA) is 34.1 Å². The van der Waals surface area contributed by atoms with Gasteiger partial charge in [0.25, 0.3) is 0 Å². The monoisotopic (exact) mass is 641 g/mol. The number of hydrogen-bond acceptors (Lipinski definition) is 2. The first-order chi connectivity index (χ1) is 21.8. The molecule has 2 heteroatoms. The summed E-state index contributed by atoms with van der Waals surface area (Å²) < 4.78 is 0. The average molecular weight is 641 g/mol. The highest BCUT2D eigenvalue weighted by Gasteiger charge is 2.64. The fourth-order valence-electron chi connectivity index (χ4n) is 12.2. The Bertz CT molecular complexity index is 1420. The van der Waals surface area contributed by atoms with Crippen molar-refractivity contribution in [3.63, 3.8) is 0 Å². The molecule has 7 aliphatic carbocycles. The Labute approximate surface area is 289 Å². The van der Waals surface area contributed by atoms with Gasteiger partial charge in [-0.15, -0.1) is 0 Å². The molecule has 1 aromatic carbocycles. The number of benzene rings is 1. The summed E-state index contributed by atoms with van der Waals surface area (Å²) in [5.74, 6) is 2.55. The van der Waals surface area contributed by atoms with E-state index < -0.39 is 0 Å². The van der Waals surface area contributed by atoms with Crippen LogP contribution in [-0.2, 0) is 11.8 Å². The molecule has 0 radical (unpaired) electrons. The third kappa shape index (κ3) is 5.59. The van der Waals surface area contributed by atoms with Crippen LogP contribution in [0, 0.1) is 54.3 Å². The van der Waals surface area contributed by atoms with Crippen LogP contribution in [-0.4, -0.2) is 0 Å². The third-order valence-corrected chi connectivity index (χ3v) is 15.7. The molecule has 0 heterocycles. The van der Waals surface area contributed by atoms with Gasteiger partial charge in [0.05, 0.1) is 0 Å². The van der Waals surface area contributed by atoms with Gasteiger partial charge in [-0.3, -0.25) is 0 Å². The minimum atomic E-state index is 0.375. The summed E-state index contributed by atoms with van der Waals surface area (Å²) in [6.07, 6.45) is 25.2. The average Bonchev–Trinajstić information content (AvgIpc) is 3.74. The van der Waals surface area contributed by atoms with Crippen LogP contribution >= 0.6 is 0 Å². The zero-order chi connectivity index (χ0) is 34.8. The molecular formula is C45H68O2. The lowest BCUT2D eigenvalue weighted by Gasteiger charge is -2.51. The summed E-state index contributed by atoms with van der Waals surface area (Å²) in [7, 11) is 0. The van der Waals surface area contributed by atoms with E-state index in [9.17, 15) is 0 Å². The molecule has 0 aromatic heterocycles. The molecule has 260 valence electrons. The normalized spacial score (nSPS) is 34.6. The van der Waals surface area contributed by atoms with Crippen LogP contribution in [0.15, 0.2) is 53.6 Å². The second-order valence-electron chi connectivity index (χ2n) is 20.0. The minimum absolute atomic E-state index is 0.375. The lowest BCUT2D eigenvalue weighted by molar-refractivity contribution is 0.0901. The molecule has 7 aliphatic rings. The van der Waals surface area contributed by atoms with Crippen molar-refractivity contribution in [3.05, 3.63) is 80.3 Å². The maximum Gasteiger partial charge on any atom is 0.000921 e. The Morgan fingerprint density at radius 2 is 1.32 bits per heavy atom. The molecule has 4 unspecified atom stereocenters. The van der Waals surface area contributed by atoms with Crippen LogP contribution in [0.1, 0.15) is 170 Å². The number of allylic oxidation sites excluding steroid dienone is 6. The van der Waals surface area contributed by atoms with E-state index in [4.69, 9.17) is 9.93 Å². The van der Waals surface area contributed by atoms with Gasteiger partial charge in [-0.25, -0.2) is 0 Å². The first kappa shape index (κ1) is 36.3. The molecule has 2 spiro atoms. The highest BCUT2D eigenvalue weighted by molar-refractivity contribution is 5.42. The molecule has 4 bridgehead atoms. The molecule has 0 aliphatic heterocycles. The van der Waals surface area contributed by atoms with Crippen molar-refractivity contribution in [2.75, 3.05) is 0 Å². The van der Waals surface area contributed by atoms with Gasteiger partial charge in [0.15, 0.2) is 0 Å². The van der Waals surface area contributed by atoms with Gasteiger partial charge in [-0.2, -0.15) is 0 Å². The van der Waals surface area contributed by atoms with Crippen LogP contribution < -0.4 is 0 Å². The predicted molar refractivity (Wildman–Crippen MR) is 202 cm³/mol. The summed E-state index contributed by atoms with van der Waals surface area (Å²) in [6.45, 7) is 29.1. The van der Waals surface area contributed by atoms with Crippen LogP contribution in [0.4, 0.5) is 0 Å². The molecule has 0 amide bonds. The Balaban J connectivity index is 0.000000135. The van der Waals surface area contributed by atoms with Gasteiger partial charge in [0.2, 0.25) is 0 Å². The Morgan fingerprint density at radius 1 is 0.723 bits per heavy atom. The van der Waals surface area contributed by atoms with E-state index in [0.29, 0.717) is 43.8 Å². The third-order valence-electron chi connectivity index (χ3n) is 15.7. The molecule has 47 heavy (non-hydrogen) atoms. The second kappa shape index (κ2) is 12.1. The summed E-state index contributed by atoms with van der Waals surface area (Å²) >= 11 is 0. The van der Waals surface area contributed by atoms with Crippen molar-refractivity contribution in [2.45, 2.75) is 165 Å². The molecule has 1 aromatic rings. The molecule has 0 N–H and O–H groups in total. The number of aryl methyl sites for hydroxylation is 1. The SMILES string of the molecule is CC(C)c1ccc2c(c1)C(C)(C)CCC2.CC1(C)C2=CC=CC(C)(C)C23CCC1C3.CC1(C)C2=CCCC(C)(C)C23CCC1C3.O=O. The minimum Gasteiger partial charge on any atom is -0.0842 e. The van der Waals surface area contributed by atoms with Gasteiger partial charge in [0.1, 0.15) is 0 Å². The molecule has 4 saturated carbocycles. The highest BCUT2D eigenvalue weighted by atomic mass is 16.7. The molecule has 4 fully saturated rings. The van der Waals surface area contributed by atoms with E-state index in [0.717, 1.165) is 11.8 Å².